The van der Waals surface area contributed by atoms with Crippen LogP contribution in [0.4, 0.5) is 0 Å². The van der Waals surface area contributed by atoms with Gasteiger partial charge in [0.2, 0.25) is 0 Å². The number of hydrogen-bond acceptors (Lipinski definition) is 2. The first kappa shape index (κ1) is 14.0. The van der Waals surface area contributed by atoms with Gasteiger partial charge in [0, 0.05) is 6.54 Å². The maximum atomic E-state index is 9.43. The van der Waals surface area contributed by atoms with E-state index in [1.54, 1.807) is 0 Å². The van der Waals surface area contributed by atoms with Gasteiger partial charge in [-0.05, 0) is 30.9 Å². The van der Waals surface area contributed by atoms with Crippen LogP contribution in [0.1, 0.15) is 25.8 Å². The second-order valence-electron chi connectivity index (χ2n) is 3.97. The van der Waals surface area contributed by atoms with Gasteiger partial charge in [-0.1, -0.05) is 50.3 Å². The van der Waals surface area contributed by atoms with E-state index in [-0.39, 0.29) is 7.05 Å². The number of benzene rings is 1. The molecule has 0 aliphatic carbocycles. The molecule has 0 fully saturated rings. The number of hydrogen-bond donors (Lipinski definition) is 1. The van der Waals surface area contributed by atoms with Crippen molar-refractivity contribution in [1.82, 2.24) is 4.81 Å². The van der Waals surface area contributed by atoms with Crippen LogP contribution in [0.5, 0.6) is 0 Å². The molecule has 92 valence electrons. The monoisotopic (exact) mass is 231 g/mol. The van der Waals surface area contributed by atoms with E-state index >= 15 is 0 Å². The number of rotatable bonds is 2. The smallest absolute Gasteiger partial charge is 0.376 e. The van der Waals surface area contributed by atoms with Gasteiger partial charge < -0.3 is 9.83 Å². The van der Waals surface area contributed by atoms with Crippen molar-refractivity contribution in [3.8, 4) is 0 Å². The zero-order chi connectivity index (χ0) is 12.7. The summed E-state index contributed by atoms with van der Waals surface area (Å²) in [4.78, 5) is 2.06. The van der Waals surface area contributed by atoms with Crippen LogP contribution in [-0.2, 0) is 0 Å². The van der Waals surface area contributed by atoms with Crippen molar-refractivity contribution in [3.63, 3.8) is 0 Å². The van der Waals surface area contributed by atoms with Crippen LogP contribution in [0.2, 0.25) is 6.82 Å². The van der Waals surface area contributed by atoms with E-state index in [9.17, 15) is 5.02 Å². The summed E-state index contributed by atoms with van der Waals surface area (Å²) >= 11 is 0. The first-order chi connectivity index (χ1) is 8.27. The standard InChI is InChI=1S/C12H16BNO.C2H6/c1-13(15)14-9-7-12(8-10-14)11-5-3-2-4-6-11;1-2/h2-7,15H,8-10H2,1H3;1-2H3. The van der Waals surface area contributed by atoms with Crippen LogP contribution in [0.15, 0.2) is 36.4 Å². The Kier molecular flexibility index (Phi) is 6.02. The van der Waals surface area contributed by atoms with Gasteiger partial charge >= 0.3 is 7.05 Å². The van der Waals surface area contributed by atoms with Gasteiger partial charge in [0.15, 0.2) is 0 Å². The zero-order valence-electron chi connectivity index (χ0n) is 11.1. The molecule has 0 unspecified atom stereocenters. The lowest BCUT2D eigenvalue weighted by atomic mass is 9.82. The maximum Gasteiger partial charge on any atom is 0.376 e. The highest BCUT2D eigenvalue weighted by Gasteiger charge is 2.18. The fraction of sp³-hybridized carbons (Fsp3) is 0.429. The predicted molar refractivity (Wildman–Crippen MR) is 75.8 cm³/mol. The van der Waals surface area contributed by atoms with Gasteiger partial charge in [-0.3, -0.25) is 0 Å². The third-order valence-corrected chi connectivity index (χ3v) is 2.91. The lowest BCUT2D eigenvalue weighted by Gasteiger charge is -2.27. The van der Waals surface area contributed by atoms with E-state index in [2.05, 4.69) is 35.2 Å². The van der Waals surface area contributed by atoms with Gasteiger partial charge in [0.05, 0.1) is 0 Å². The van der Waals surface area contributed by atoms with Crippen LogP contribution in [0, 0.1) is 0 Å². The molecule has 1 aliphatic rings. The van der Waals surface area contributed by atoms with Crippen molar-refractivity contribution in [2.24, 2.45) is 0 Å². The molecule has 0 bridgehead atoms. The van der Waals surface area contributed by atoms with E-state index in [0.29, 0.717) is 0 Å². The average Bonchev–Trinajstić information content (AvgIpc) is 2.42. The minimum absolute atomic E-state index is 0.335. The lowest BCUT2D eigenvalue weighted by molar-refractivity contribution is 0.392. The summed E-state index contributed by atoms with van der Waals surface area (Å²) in [7, 11) is -0.335. The second kappa shape index (κ2) is 7.31. The van der Waals surface area contributed by atoms with Crippen molar-refractivity contribution in [2.45, 2.75) is 27.1 Å². The minimum atomic E-state index is -0.335. The van der Waals surface area contributed by atoms with Crippen molar-refractivity contribution in [1.29, 1.82) is 0 Å². The molecule has 3 heteroatoms. The molecule has 0 saturated heterocycles. The summed E-state index contributed by atoms with van der Waals surface area (Å²) < 4.78 is 0. The summed E-state index contributed by atoms with van der Waals surface area (Å²) in [6.45, 7) is 7.61. The lowest BCUT2D eigenvalue weighted by Crippen LogP contribution is -2.39. The number of nitrogens with zero attached hydrogens (tertiary/aromatic N) is 1. The average molecular weight is 231 g/mol. The van der Waals surface area contributed by atoms with Crippen molar-refractivity contribution in [3.05, 3.63) is 42.0 Å². The SMILES string of the molecule is CB(O)N1CC=C(c2ccccc2)CC1.CC. The fourth-order valence-electron chi connectivity index (χ4n) is 1.94. The first-order valence-electron chi connectivity index (χ1n) is 6.44. The molecule has 1 aliphatic heterocycles. The Bertz CT molecular complexity index is 348. The zero-order valence-corrected chi connectivity index (χ0v) is 11.1. The van der Waals surface area contributed by atoms with Gasteiger partial charge in [-0.2, -0.15) is 0 Å². The quantitative estimate of drug-likeness (QED) is 0.791. The first-order valence-corrected chi connectivity index (χ1v) is 6.44. The largest absolute Gasteiger partial charge is 0.437 e. The predicted octanol–water partition coefficient (Wildman–Crippen LogP) is 2.91. The van der Waals surface area contributed by atoms with E-state index < -0.39 is 0 Å². The van der Waals surface area contributed by atoms with E-state index in [1.165, 1.54) is 11.1 Å². The van der Waals surface area contributed by atoms with Crippen molar-refractivity contribution in [2.75, 3.05) is 13.1 Å². The van der Waals surface area contributed by atoms with Crippen molar-refractivity contribution < 1.29 is 5.02 Å². The summed E-state index contributed by atoms with van der Waals surface area (Å²) in [6.07, 6.45) is 3.24. The van der Waals surface area contributed by atoms with Crippen LogP contribution >= 0.6 is 0 Å². The van der Waals surface area contributed by atoms with Crippen LogP contribution in [0.25, 0.3) is 5.57 Å². The molecule has 2 rings (SSSR count). The van der Waals surface area contributed by atoms with Crippen LogP contribution in [0.3, 0.4) is 0 Å². The third kappa shape index (κ3) is 4.02. The minimum Gasteiger partial charge on any atom is -0.437 e. The third-order valence-electron chi connectivity index (χ3n) is 2.91. The fourth-order valence-corrected chi connectivity index (χ4v) is 1.94. The summed E-state index contributed by atoms with van der Waals surface area (Å²) in [5, 5.41) is 9.43. The molecule has 0 atom stereocenters. The molecule has 0 amide bonds. The van der Waals surface area contributed by atoms with E-state index in [1.807, 2.05) is 26.7 Å². The van der Waals surface area contributed by atoms with Crippen LogP contribution in [-0.4, -0.2) is 30.0 Å². The molecular formula is C14H22BNO. The molecule has 2 nitrogen and oxygen atoms in total. The van der Waals surface area contributed by atoms with Crippen LogP contribution < -0.4 is 0 Å². The summed E-state index contributed by atoms with van der Waals surface area (Å²) in [5.41, 5.74) is 2.70. The molecular weight excluding hydrogens is 209 g/mol. The molecule has 1 heterocycles. The molecule has 1 N–H and O–H groups in total. The van der Waals surface area contributed by atoms with Gasteiger partial charge in [-0.25, -0.2) is 0 Å². The van der Waals surface area contributed by atoms with E-state index in [0.717, 1.165) is 19.5 Å². The maximum absolute atomic E-state index is 9.43. The van der Waals surface area contributed by atoms with E-state index in [4.69, 9.17) is 0 Å². The van der Waals surface area contributed by atoms with Gasteiger partial charge in [0.25, 0.3) is 0 Å². The highest BCUT2D eigenvalue weighted by molar-refractivity contribution is 6.45. The molecule has 1 aromatic rings. The summed E-state index contributed by atoms with van der Waals surface area (Å²) in [5.74, 6) is 0. The Labute approximate surface area is 105 Å². The second-order valence-corrected chi connectivity index (χ2v) is 3.97. The molecule has 0 radical (unpaired) electrons. The molecule has 0 spiro atoms. The van der Waals surface area contributed by atoms with Gasteiger partial charge in [-0.15, -0.1) is 0 Å². The normalized spacial score (nSPS) is 15.6. The Morgan fingerprint density at radius 2 is 1.82 bits per heavy atom. The topological polar surface area (TPSA) is 23.5 Å². The molecule has 17 heavy (non-hydrogen) atoms. The van der Waals surface area contributed by atoms with Crippen molar-refractivity contribution >= 4 is 12.6 Å². The summed E-state index contributed by atoms with van der Waals surface area (Å²) in [6, 6.07) is 10.5. The molecule has 0 saturated carbocycles. The Balaban J connectivity index is 0.000000686. The highest BCUT2D eigenvalue weighted by Crippen LogP contribution is 2.21. The van der Waals surface area contributed by atoms with Gasteiger partial charge in [0.1, 0.15) is 0 Å². The Morgan fingerprint density at radius 1 is 1.18 bits per heavy atom. The Hall–Kier alpha value is -1.06. The Morgan fingerprint density at radius 3 is 2.29 bits per heavy atom. The molecule has 1 aromatic carbocycles. The highest BCUT2D eigenvalue weighted by atomic mass is 16.2. The molecule has 0 aromatic heterocycles.